The Morgan fingerprint density at radius 1 is 0.786 bits per heavy atom. The molecule has 0 N–H and O–H groups in total. The third kappa shape index (κ3) is 6.10. The molecule has 0 spiro atoms. The second kappa shape index (κ2) is 7.94. The summed E-state index contributed by atoms with van der Waals surface area (Å²) in [6.07, 6.45) is 21.5. The molecule has 0 atom stereocenters. The molecule has 1 heteroatoms. The molecular weight excluding hydrogens is 257 g/mol. The second-order valence-corrected chi connectivity index (χ2v) is 4.44. The van der Waals surface area contributed by atoms with E-state index in [1.54, 1.807) is 0 Å². The van der Waals surface area contributed by atoms with Gasteiger partial charge in [-0.15, -0.1) is 0 Å². The SMILES string of the molecule is C1=CCCC=CCC1.[Ru][C]1=CC=CC1. The Kier molecular flexibility index (Phi) is 6.61. The minimum atomic E-state index is 1.14. The van der Waals surface area contributed by atoms with Crippen molar-refractivity contribution < 1.29 is 18.3 Å². The summed E-state index contributed by atoms with van der Waals surface area (Å²) in [5.41, 5.74) is 0. The van der Waals surface area contributed by atoms with Gasteiger partial charge in [0.1, 0.15) is 0 Å². The molecule has 0 unspecified atom stereocenters. The Morgan fingerprint density at radius 2 is 1.29 bits per heavy atom. The van der Waals surface area contributed by atoms with E-state index < -0.39 is 0 Å². The first-order valence-electron chi connectivity index (χ1n) is 5.19. The zero-order valence-corrected chi connectivity index (χ0v) is 10.2. The molecule has 2 aliphatic rings. The fourth-order valence-electron chi connectivity index (χ4n) is 1.27. The van der Waals surface area contributed by atoms with Crippen molar-refractivity contribution in [3.05, 3.63) is 46.7 Å². The van der Waals surface area contributed by atoms with Gasteiger partial charge in [-0.25, -0.2) is 0 Å². The fraction of sp³-hybridized carbons (Fsp3) is 0.385. The van der Waals surface area contributed by atoms with E-state index in [1.807, 2.05) is 0 Å². The van der Waals surface area contributed by atoms with Crippen LogP contribution in [0.2, 0.25) is 0 Å². The summed E-state index contributed by atoms with van der Waals surface area (Å²) in [5, 5.41) is 0. The molecular formula is C13H17Ru. The van der Waals surface area contributed by atoms with Crippen molar-refractivity contribution in [3.8, 4) is 0 Å². The quantitative estimate of drug-likeness (QED) is 0.462. The van der Waals surface area contributed by atoms with Crippen molar-refractivity contribution in [1.82, 2.24) is 0 Å². The van der Waals surface area contributed by atoms with Crippen molar-refractivity contribution in [1.29, 1.82) is 0 Å². The molecule has 0 aromatic carbocycles. The fourth-order valence-corrected chi connectivity index (χ4v) is 1.64. The van der Waals surface area contributed by atoms with E-state index in [1.165, 1.54) is 29.9 Å². The van der Waals surface area contributed by atoms with Crippen LogP contribution in [-0.2, 0) is 18.3 Å². The molecule has 0 amide bonds. The molecule has 0 saturated heterocycles. The average Bonchev–Trinajstić information content (AvgIpc) is 2.55. The van der Waals surface area contributed by atoms with Gasteiger partial charge in [0, 0.05) is 0 Å². The molecule has 0 fully saturated rings. The van der Waals surface area contributed by atoms with Crippen molar-refractivity contribution in [2.75, 3.05) is 0 Å². The van der Waals surface area contributed by atoms with Crippen LogP contribution in [0.25, 0.3) is 0 Å². The van der Waals surface area contributed by atoms with E-state index in [0.717, 1.165) is 6.42 Å². The topological polar surface area (TPSA) is 0 Å². The summed E-state index contributed by atoms with van der Waals surface area (Å²) < 4.78 is 1.40. The van der Waals surface area contributed by atoms with Gasteiger partial charge in [0.25, 0.3) is 0 Å². The van der Waals surface area contributed by atoms with E-state index >= 15 is 0 Å². The molecule has 2 aliphatic carbocycles. The molecule has 77 valence electrons. The van der Waals surface area contributed by atoms with Crippen LogP contribution in [0.5, 0.6) is 0 Å². The van der Waals surface area contributed by atoms with Gasteiger partial charge >= 0.3 is 47.1 Å². The molecule has 0 aromatic rings. The van der Waals surface area contributed by atoms with Crippen LogP contribution in [0, 0.1) is 0 Å². The summed E-state index contributed by atoms with van der Waals surface area (Å²) in [6, 6.07) is 0. The van der Waals surface area contributed by atoms with Crippen LogP contribution in [0.3, 0.4) is 0 Å². The number of allylic oxidation sites excluding steroid dienone is 8. The molecule has 0 saturated carbocycles. The van der Waals surface area contributed by atoms with E-state index in [-0.39, 0.29) is 0 Å². The van der Waals surface area contributed by atoms with Gasteiger partial charge in [-0.05, 0) is 25.7 Å². The van der Waals surface area contributed by atoms with Gasteiger partial charge in [0.05, 0.1) is 0 Å². The second-order valence-electron chi connectivity index (χ2n) is 3.33. The Labute approximate surface area is 97.2 Å². The third-order valence-corrected chi connectivity index (χ3v) is 2.69. The first-order chi connectivity index (χ1) is 6.89. The van der Waals surface area contributed by atoms with Crippen LogP contribution in [0.1, 0.15) is 32.1 Å². The summed E-state index contributed by atoms with van der Waals surface area (Å²) in [6.45, 7) is 0. The summed E-state index contributed by atoms with van der Waals surface area (Å²) in [5.74, 6) is 0. The van der Waals surface area contributed by atoms with E-state index in [0.29, 0.717) is 0 Å². The molecule has 0 heterocycles. The van der Waals surface area contributed by atoms with Gasteiger partial charge in [-0.2, -0.15) is 0 Å². The van der Waals surface area contributed by atoms with Gasteiger partial charge < -0.3 is 0 Å². The Hall–Kier alpha value is -0.417. The standard InChI is InChI=1S/C8H12.C5H5.Ru/c1-2-4-6-8-7-5-3-1;1-2-4-5-3-1;/h1-2,7-8H,3-6H2;1-3H,4H2;. The molecule has 0 bridgehead atoms. The van der Waals surface area contributed by atoms with Crippen molar-refractivity contribution >= 4 is 0 Å². The van der Waals surface area contributed by atoms with Crippen molar-refractivity contribution in [2.24, 2.45) is 0 Å². The average molecular weight is 274 g/mol. The van der Waals surface area contributed by atoms with Crippen molar-refractivity contribution in [3.63, 3.8) is 0 Å². The summed E-state index contributed by atoms with van der Waals surface area (Å²) in [4.78, 5) is 0. The predicted molar refractivity (Wildman–Crippen MR) is 58.6 cm³/mol. The maximum atomic E-state index is 2.59. The number of hydrogen-bond acceptors (Lipinski definition) is 0. The van der Waals surface area contributed by atoms with E-state index in [2.05, 4.69) is 60.8 Å². The van der Waals surface area contributed by atoms with Crippen LogP contribution in [-0.4, -0.2) is 0 Å². The molecule has 0 aromatic heterocycles. The van der Waals surface area contributed by atoms with Gasteiger partial charge in [-0.3, -0.25) is 0 Å². The maximum absolute atomic E-state index is 2.59. The first-order valence-corrected chi connectivity index (χ1v) is 6.06. The number of hydrogen-bond donors (Lipinski definition) is 0. The van der Waals surface area contributed by atoms with Crippen LogP contribution < -0.4 is 0 Å². The Bertz CT molecular complexity index is 230. The zero-order chi connectivity index (χ0) is 10.1. The Balaban J connectivity index is 0.000000146. The molecule has 0 radical (unpaired) electrons. The summed E-state index contributed by atoms with van der Waals surface area (Å²) in [7, 11) is 0. The first kappa shape index (κ1) is 11.7. The number of rotatable bonds is 0. The predicted octanol–water partition coefficient (Wildman–Crippen LogP) is 4.05. The van der Waals surface area contributed by atoms with Crippen molar-refractivity contribution in [2.45, 2.75) is 32.1 Å². The molecule has 2 rings (SSSR count). The summed E-state index contributed by atoms with van der Waals surface area (Å²) >= 11 is 2.59. The Morgan fingerprint density at radius 3 is 1.50 bits per heavy atom. The molecule has 0 nitrogen and oxygen atoms in total. The van der Waals surface area contributed by atoms with E-state index in [9.17, 15) is 0 Å². The minimum absolute atomic E-state index is 1.14. The monoisotopic (exact) mass is 275 g/mol. The van der Waals surface area contributed by atoms with Gasteiger partial charge in [0.2, 0.25) is 0 Å². The zero-order valence-electron chi connectivity index (χ0n) is 8.43. The van der Waals surface area contributed by atoms with Crippen LogP contribution in [0.4, 0.5) is 0 Å². The molecule has 14 heavy (non-hydrogen) atoms. The van der Waals surface area contributed by atoms with E-state index in [4.69, 9.17) is 0 Å². The third-order valence-electron chi connectivity index (χ3n) is 2.05. The molecule has 0 aliphatic heterocycles. The van der Waals surface area contributed by atoms with Gasteiger partial charge in [0.15, 0.2) is 0 Å². The normalized spacial score (nSPS) is 19.4. The van der Waals surface area contributed by atoms with Crippen LogP contribution >= 0.6 is 0 Å². The van der Waals surface area contributed by atoms with Gasteiger partial charge in [-0.1, -0.05) is 24.3 Å². The van der Waals surface area contributed by atoms with Crippen LogP contribution in [0.15, 0.2) is 46.7 Å².